The highest BCUT2D eigenvalue weighted by Crippen LogP contribution is 2.13. The van der Waals surface area contributed by atoms with Gasteiger partial charge in [-0.2, -0.15) is 0 Å². The van der Waals surface area contributed by atoms with Crippen molar-refractivity contribution in [3.8, 4) is 0 Å². The summed E-state index contributed by atoms with van der Waals surface area (Å²) in [6.45, 7) is 11.0. The maximum Gasteiger partial charge on any atom is 0.410 e. The number of nitrogens with zero attached hydrogens (tertiary/aromatic N) is 2. The molecule has 6 nitrogen and oxygen atoms in total. The summed E-state index contributed by atoms with van der Waals surface area (Å²) in [7, 11) is 0. The second-order valence-corrected chi connectivity index (χ2v) is 6.80. The van der Waals surface area contributed by atoms with E-state index >= 15 is 0 Å². The van der Waals surface area contributed by atoms with Gasteiger partial charge in [0.25, 0.3) is 0 Å². The van der Waals surface area contributed by atoms with Gasteiger partial charge in [0.1, 0.15) is 11.4 Å². The van der Waals surface area contributed by atoms with Gasteiger partial charge >= 0.3 is 6.09 Å². The topological polar surface area (TPSA) is 66.9 Å². The van der Waals surface area contributed by atoms with Crippen LogP contribution < -0.4 is 0 Å². The molecule has 0 aromatic carbocycles. The molecule has 1 fully saturated rings. The van der Waals surface area contributed by atoms with E-state index in [0.717, 1.165) is 6.42 Å². The molecule has 0 aromatic heterocycles. The van der Waals surface area contributed by atoms with Gasteiger partial charge in [0.2, 0.25) is 5.91 Å². The zero-order valence-electron chi connectivity index (χ0n) is 14.3. The molecule has 1 saturated heterocycles. The maximum atomic E-state index is 12.1. The lowest BCUT2D eigenvalue weighted by atomic mass is 10.0. The molecule has 126 valence electrons. The Bertz CT molecular complexity index is 420. The number of hydrogen-bond acceptors (Lipinski definition) is 4. The molecule has 0 spiro atoms. The average molecular weight is 312 g/mol. The van der Waals surface area contributed by atoms with Crippen molar-refractivity contribution < 1.29 is 19.1 Å². The Hall–Kier alpha value is -1.59. The molecule has 1 atom stereocenters. The highest BCUT2D eigenvalue weighted by atomic mass is 16.6. The smallest absolute Gasteiger partial charge is 0.410 e. The van der Waals surface area contributed by atoms with Crippen molar-refractivity contribution in [3.05, 3.63) is 0 Å². The van der Waals surface area contributed by atoms with Gasteiger partial charge in [0, 0.05) is 32.1 Å². The first-order valence-corrected chi connectivity index (χ1v) is 7.92. The summed E-state index contributed by atoms with van der Waals surface area (Å²) in [6.07, 6.45) is 0.357. The third-order valence-corrected chi connectivity index (χ3v) is 3.77. The van der Waals surface area contributed by atoms with Crippen LogP contribution in [0.2, 0.25) is 0 Å². The zero-order valence-corrected chi connectivity index (χ0v) is 14.3. The quantitative estimate of drug-likeness (QED) is 0.745. The monoisotopic (exact) mass is 312 g/mol. The second kappa shape index (κ2) is 7.61. The molecule has 0 aliphatic carbocycles. The van der Waals surface area contributed by atoms with Crippen LogP contribution in [0.1, 0.15) is 47.5 Å². The van der Waals surface area contributed by atoms with E-state index in [1.54, 1.807) is 9.80 Å². The minimum absolute atomic E-state index is 0.0120. The van der Waals surface area contributed by atoms with Crippen molar-refractivity contribution in [2.45, 2.75) is 53.1 Å². The molecule has 2 amide bonds. The van der Waals surface area contributed by atoms with E-state index in [-0.39, 0.29) is 30.1 Å². The minimum atomic E-state index is -0.521. The maximum absolute atomic E-state index is 12.1. The van der Waals surface area contributed by atoms with Crippen LogP contribution in [0, 0.1) is 5.92 Å². The van der Waals surface area contributed by atoms with Crippen molar-refractivity contribution >= 4 is 17.8 Å². The third-order valence-electron chi connectivity index (χ3n) is 3.77. The summed E-state index contributed by atoms with van der Waals surface area (Å²) >= 11 is 0. The fraction of sp³-hybridized carbons (Fsp3) is 0.812. The van der Waals surface area contributed by atoms with E-state index in [1.165, 1.54) is 0 Å². The van der Waals surface area contributed by atoms with Crippen LogP contribution in [0.5, 0.6) is 0 Å². The van der Waals surface area contributed by atoms with Crippen molar-refractivity contribution in [2.24, 2.45) is 5.92 Å². The van der Waals surface area contributed by atoms with Crippen molar-refractivity contribution in [3.63, 3.8) is 0 Å². The van der Waals surface area contributed by atoms with Crippen LogP contribution in [-0.2, 0) is 14.3 Å². The fourth-order valence-corrected chi connectivity index (χ4v) is 2.13. The van der Waals surface area contributed by atoms with Gasteiger partial charge in [-0.1, -0.05) is 13.8 Å². The number of ketones is 1. The lowest BCUT2D eigenvalue weighted by molar-refractivity contribution is -0.137. The predicted octanol–water partition coefficient (Wildman–Crippen LogP) is 2.07. The lowest BCUT2D eigenvalue weighted by Crippen LogP contribution is -2.52. The lowest BCUT2D eigenvalue weighted by Gasteiger charge is -2.35. The third kappa shape index (κ3) is 5.66. The SMILES string of the molecule is CCC(C)C(=O)CC(=O)N1CCN(C(=O)OC(C)(C)C)CC1. The molecular formula is C16H28N2O4. The molecule has 1 aliphatic heterocycles. The number of amides is 2. The Morgan fingerprint density at radius 1 is 1.05 bits per heavy atom. The van der Waals surface area contributed by atoms with Gasteiger partial charge in [0.15, 0.2) is 0 Å². The number of Topliss-reactive ketones (excluding diaryl/α,β-unsaturated/α-hetero) is 1. The Morgan fingerprint density at radius 3 is 2.00 bits per heavy atom. The van der Waals surface area contributed by atoms with E-state index in [2.05, 4.69) is 0 Å². The highest BCUT2D eigenvalue weighted by Gasteiger charge is 2.28. The van der Waals surface area contributed by atoms with Crippen molar-refractivity contribution in [2.75, 3.05) is 26.2 Å². The first-order valence-electron chi connectivity index (χ1n) is 7.92. The molecule has 0 radical (unpaired) electrons. The van der Waals surface area contributed by atoms with E-state index in [1.807, 2.05) is 34.6 Å². The molecule has 1 heterocycles. The Morgan fingerprint density at radius 2 is 1.55 bits per heavy atom. The van der Waals surface area contributed by atoms with E-state index in [4.69, 9.17) is 4.74 Å². The van der Waals surface area contributed by atoms with Crippen LogP contribution in [0.15, 0.2) is 0 Å². The standard InChI is InChI=1S/C16H28N2O4/c1-6-12(2)13(19)11-14(20)17-7-9-18(10-8-17)15(21)22-16(3,4)5/h12H,6-11H2,1-5H3. The summed E-state index contributed by atoms with van der Waals surface area (Å²) in [5, 5.41) is 0. The van der Waals surface area contributed by atoms with Gasteiger partial charge in [-0.05, 0) is 27.2 Å². The van der Waals surface area contributed by atoms with Gasteiger partial charge in [-0.3, -0.25) is 9.59 Å². The molecule has 6 heteroatoms. The van der Waals surface area contributed by atoms with E-state index in [9.17, 15) is 14.4 Å². The van der Waals surface area contributed by atoms with Gasteiger partial charge in [0.05, 0.1) is 6.42 Å². The summed E-state index contributed by atoms with van der Waals surface area (Å²) in [5.41, 5.74) is -0.521. The number of carbonyl (C=O) groups is 3. The van der Waals surface area contributed by atoms with Crippen LogP contribution in [0.3, 0.4) is 0 Å². The van der Waals surface area contributed by atoms with E-state index < -0.39 is 5.60 Å². The molecule has 0 N–H and O–H groups in total. The number of rotatable bonds is 4. The summed E-state index contributed by atoms with van der Waals surface area (Å²) in [5.74, 6) is -0.233. The van der Waals surface area contributed by atoms with Crippen LogP contribution in [0.25, 0.3) is 0 Å². The van der Waals surface area contributed by atoms with Crippen molar-refractivity contribution in [1.82, 2.24) is 9.80 Å². The van der Waals surface area contributed by atoms with E-state index in [0.29, 0.717) is 26.2 Å². The molecule has 1 unspecified atom stereocenters. The fourth-order valence-electron chi connectivity index (χ4n) is 2.13. The molecule has 0 bridgehead atoms. The number of hydrogen-bond donors (Lipinski definition) is 0. The van der Waals surface area contributed by atoms with Crippen LogP contribution in [-0.4, -0.2) is 59.4 Å². The second-order valence-electron chi connectivity index (χ2n) is 6.80. The van der Waals surface area contributed by atoms with Crippen LogP contribution in [0.4, 0.5) is 4.79 Å². The first kappa shape index (κ1) is 18.5. The number of carbonyl (C=O) groups excluding carboxylic acids is 3. The van der Waals surface area contributed by atoms with Crippen molar-refractivity contribution in [1.29, 1.82) is 0 Å². The first-order chi connectivity index (χ1) is 10.1. The Labute approximate surface area is 132 Å². The number of ether oxygens (including phenoxy) is 1. The van der Waals surface area contributed by atoms with Gasteiger partial charge in [-0.15, -0.1) is 0 Å². The summed E-state index contributed by atoms with van der Waals surface area (Å²) in [6, 6.07) is 0. The number of piperazine rings is 1. The Balaban J connectivity index is 2.43. The normalized spacial score (nSPS) is 17.1. The minimum Gasteiger partial charge on any atom is -0.444 e. The summed E-state index contributed by atoms with van der Waals surface area (Å²) in [4.78, 5) is 39.1. The van der Waals surface area contributed by atoms with Gasteiger partial charge < -0.3 is 14.5 Å². The summed E-state index contributed by atoms with van der Waals surface area (Å²) < 4.78 is 5.31. The molecule has 1 rings (SSSR count). The van der Waals surface area contributed by atoms with Crippen LogP contribution >= 0.6 is 0 Å². The molecule has 1 aliphatic rings. The van der Waals surface area contributed by atoms with Gasteiger partial charge in [-0.25, -0.2) is 4.79 Å². The molecule has 22 heavy (non-hydrogen) atoms. The predicted molar refractivity (Wildman–Crippen MR) is 83.5 cm³/mol. The highest BCUT2D eigenvalue weighted by molar-refractivity contribution is 5.99. The Kier molecular flexibility index (Phi) is 6.38. The molecule has 0 aromatic rings. The average Bonchev–Trinajstić information content (AvgIpc) is 2.44. The zero-order chi connectivity index (χ0) is 16.9. The molecular weight excluding hydrogens is 284 g/mol. The molecule has 0 saturated carbocycles. The largest absolute Gasteiger partial charge is 0.444 e.